The summed E-state index contributed by atoms with van der Waals surface area (Å²) in [6.45, 7) is 4.31. The molecule has 1 heterocycles. The van der Waals surface area contributed by atoms with Crippen molar-refractivity contribution in [2.24, 2.45) is 11.5 Å². The number of thiocarbonyl (C=S) groups is 1. The van der Waals surface area contributed by atoms with Crippen LogP contribution in [0.2, 0.25) is 0 Å². The number of nitrogens with two attached hydrogens (primary N) is 3. The molecule has 6 heteroatoms. The molecule has 0 spiro atoms. The third-order valence-electron chi connectivity index (χ3n) is 1.66. The molecule has 1 atom stereocenters. The number of rotatable bonds is 2. The van der Waals surface area contributed by atoms with Gasteiger partial charge in [-0.1, -0.05) is 13.8 Å². The standard InChI is InChI=1S/C7H12N2S.CH4N2S/c1-3-5(2)6-4-10-7(8)9-6;2-1(3)4/h4-5H,3H2,1-2H3,(H2,8,9);(H4,2,3,4). The Morgan fingerprint density at radius 3 is 2.43 bits per heavy atom. The van der Waals surface area contributed by atoms with Gasteiger partial charge in [-0.15, -0.1) is 11.3 Å². The SMILES string of the molecule is CCC(C)c1csc(N)n1.NC(N)=S. The molecule has 14 heavy (non-hydrogen) atoms. The molecule has 1 aromatic rings. The van der Waals surface area contributed by atoms with Crippen molar-refractivity contribution < 1.29 is 0 Å². The van der Waals surface area contributed by atoms with Crippen molar-refractivity contribution in [2.75, 3.05) is 5.73 Å². The Labute approximate surface area is 93.5 Å². The van der Waals surface area contributed by atoms with E-state index in [-0.39, 0.29) is 5.11 Å². The first-order valence-corrected chi connectivity index (χ1v) is 5.52. The molecular weight excluding hydrogens is 216 g/mol. The maximum absolute atomic E-state index is 5.48. The van der Waals surface area contributed by atoms with Crippen molar-refractivity contribution >= 4 is 33.8 Å². The van der Waals surface area contributed by atoms with Gasteiger partial charge in [0.25, 0.3) is 0 Å². The van der Waals surface area contributed by atoms with Gasteiger partial charge < -0.3 is 17.2 Å². The molecule has 0 saturated heterocycles. The smallest absolute Gasteiger partial charge is 0.180 e. The summed E-state index contributed by atoms with van der Waals surface area (Å²) in [6, 6.07) is 0. The fourth-order valence-corrected chi connectivity index (χ4v) is 1.42. The quantitative estimate of drug-likeness (QED) is 0.671. The molecule has 0 saturated carbocycles. The molecule has 0 radical (unpaired) electrons. The Morgan fingerprint density at radius 2 is 2.14 bits per heavy atom. The first kappa shape index (κ1) is 13.1. The zero-order valence-electron chi connectivity index (χ0n) is 8.36. The number of hydrogen-bond donors (Lipinski definition) is 3. The third-order valence-corrected chi connectivity index (χ3v) is 2.35. The summed E-state index contributed by atoms with van der Waals surface area (Å²) in [7, 11) is 0. The lowest BCUT2D eigenvalue weighted by molar-refractivity contribution is 0.714. The Bertz CT molecular complexity index is 281. The van der Waals surface area contributed by atoms with Crippen LogP contribution in [-0.4, -0.2) is 10.1 Å². The zero-order chi connectivity index (χ0) is 11.1. The fraction of sp³-hybridized carbons (Fsp3) is 0.500. The minimum Gasteiger partial charge on any atom is -0.377 e. The second-order valence-electron chi connectivity index (χ2n) is 2.82. The molecule has 80 valence electrons. The van der Waals surface area contributed by atoms with Crippen molar-refractivity contribution in [1.82, 2.24) is 4.98 Å². The lowest BCUT2D eigenvalue weighted by Gasteiger charge is -2.01. The molecule has 1 rings (SSSR count). The topological polar surface area (TPSA) is 90.9 Å². The average molecular weight is 232 g/mol. The van der Waals surface area contributed by atoms with Gasteiger partial charge in [-0.3, -0.25) is 0 Å². The summed E-state index contributed by atoms with van der Waals surface area (Å²) in [5.41, 5.74) is 15.8. The highest BCUT2D eigenvalue weighted by atomic mass is 32.1. The predicted molar refractivity (Wildman–Crippen MR) is 66.2 cm³/mol. The minimum absolute atomic E-state index is 0.000000000000000222. The lowest BCUT2D eigenvalue weighted by atomic mass is 10.1. The Kier molecular flexibility index (Phi) is 6.14. The zero-order valence-corrected chi connectivity index (χ0v) is 9.99. The van der Waals surface area contributed by atoms with Crippen molar-refractivity contribution in [1.29, 1.82) is 0 Å². The van der Waals surface area contributed by atoms with Gasteiger partial charge in [0.2, 0.25) is 0 Å². The number of nitrogen functional groups attached to an aromatic ring is 1. The van der Waals surface area contributed by atoms with Gasteiger partial charge in [-0.2, -0.15) is 0 Å². The van der Waals surface area contributed by atoms with E-state index in [4.69, 9.17) is 5.73 Å². The molecule has 0 aliphatic rings. The first-order chi connectivity index (χ1) is 6.47. The molecule has 0 amide bonds. The van der Waals surface area contributed by atoms with Crippen LogP contribution >= 0.6 is 23.6 Å². The first-order valence-electron chi connectivity index (χ1n) is 4.23. The van der Waals surface area contributed by atoms with Crippen molar-refractivity contribution in [2.45, 2.75) is 26.2 Å². The maximum Gasteiger partial charge on any atom is 0.180 e. The second kappa shape index (κ2) is 6.56. The third kappa shape index (κ3) is 5.71. The van der Waals surface area contributed by atoms with E-state index in [1.807, 2.05) is 5.38 Å². The van der Waals surface area contributed by atoms with Gasteiger partial charge in [0.15, 0.2) is 10.2 Å². The predicted octanol–water partition coefficient (Wildman–Crippen LogP) is 1.43. The molecule has 1 aromatic heterocycles. The van der Waals surface area contributed by atoms with Crippen LogP contribution in [0.1, 0.15) is 31.9 Å². The molecular formula is C8H16N4S2. The van der Waals surface area contributed by atoms with Crippen molar-refractivity contribution in [3.05, 3.63) is 11.1 Å². The fourth-order valence-electron chi connectivity index (χ4n) is 0.736. The summed E-state index contributed by atoms with van der Waals surface area (Å²) in [5.74, 6) is 0.550. The normalized spacial score (nSPS) is 11.3. The van der Waals surface area contributed by atoms with Crippen molar-refractivity contribution in [3.8, 4) is 0 Å². The summed E-state index contributed by atoms with van der Waals surface area (Å²) in [4.78, 5) is 4.18. The highest BCUT2D eigenvalue weighted by Crippen LogP contribution is 2.21. The summed E-state index contributed by atoms with van der Waals surface area (Å²) < 4.78 is 0. The molecule has 0 aliphatic heterocycles. The van der Waals surface area contributed by atoms with E-state index in [0.29, 0.717) is 11.0 Å². The average Bonchev–Trinajstić information content (AvgIpc) is 2.49. The molecule has 0 fully saturated rings. The number of aromatic nitrogens is 1. The van der Waals surface area contributed by atoms with Crippen LogP contribution in [0.15, 0.2) is 5.38 Å². The van der Waals surface area contributed by atoms with Gasteiger partial charge in [-0.05, 0) is 24.6 Å². The number of hydrogen-bond acceptors (Lipinski definition) is 4. The molecule has 0 aliphatic carbocycles. The highest BCUT2D eigenvalue weighted by molar-refractivity contribution is 7.80. The van der Waals surface area contributed by atoms with E-state index in [0.717, 1.165) is 12.1 Å². The van der Waals surface area contributed by atoms with Crippen LogP contribution in [0.4, 0.5) is 5.13 Å². The molecule has 4 nitrogen and oxygen atoms in total. The molecule has 6 N–H and O–H groups in total. The minimum atomic E-state index is 0.000000000000000222. The highest BCUT2D eigenvalue weighted by Gasteiger charge is 2.05. The summed E-state index contributed by atoms with van der Waals surface area (Å²) >= 11 is 5.61. The molecule has 1 unspecified atom stereocenters. The van der Waals surface area contributed by atoms with Gasteiger partial charge >= 0.3 is 0 Å². The van der Waals surface area contributed by atoms with E-state index < -0.39 is 0 Å². The van der Waals surface area contributed by atoms with Crippen LogP contribution in [0.5, 0.6) is 0 Å². The number of nitrogens with zero attached hydrogens (tertiary/aromatic N) is 1. The van der Waals surface area contributed by atoms with Crippen LogP contribution in [0.25, 0.3) is 0 Å². The van der Waals surface area contributed by atoms with Crippen molar-refractivity contribution in [3.63, 3.8) is 0 Å². The number of thiazole rings is 1. The molecule has 0 aromatic carbocycles. The van der Waals surface area contributed by atoms with E-state index in [2.05, 4.69) is 42.5 Å². The van der Waals surface area contributed by atoms with Crippen LogP contribution in [-0.2, 0) is 0 Å². The summed E-state index contributed by atoms with van der Waals surface area (Å²) in [6.07, 6.45) is 1.13. The summed E-state index contributed by atoms with van der Waals surface area (Å²) in [5, 5.41) is 2.71. The van der Waals surface area contributed by atoms with E-state index >= 15 is 0 Å². The van der Waals surface area contributed by atoms with Gasteiger partial charge in [0, 0.05) is 5.38 Å². The van der Waals surface area contributed by atoms with E-state index in [1.54, 1.807) is 0 Å². The Balaban J connectivity index is 0.000000364. The van der Waals surface area contributed by atoms with Gasteiger partial charge in [0.1, 0.15) is 0 Å². The maximum atomic E-state index is 5.48. The van der Waals surface area contributed by atoms with Crippen LogP contribution < -0.4 is 17.2 Å². The van der Waals surface area contributed by atoms with Gasteiger partial charge in [0.05, 0.1) is 5.69 Å². The van der Waals surface area contributed by atoms with E-state index in [9.17, 15) is 0 Å². The van der Waals surface area contributed by atoms with Crippen LogP contribution in [0.3, 0.4) is 0 Å². The van der Waals surface area contributed by atoms with E-state index in [1.165, 1.54) is 11.3 Å². The Hall–Kier alpha value is -0.880. The monoisotopic (exact) mass is 232 g/mol. The second-order valence-corrected chi connectivity index (χ2v) is 4.18. The lowest BCUT2D eigenvalue weighted by Crippen LogP contribution is -2.18. The van der Waals surface area contributed by atoms with Crippen LogP contribution in [0, 0.1) is 0 Å². The number of anilines is 1. The Morgan fingerprint density at radius 1 is 1.64 bits per heavy atom. The largest absolute Gasteiger partial charge is 0.377 e. The molecule has 0 bridgehead atoms. The van der Waals surface area contributed by atoms with Gasteiger partial charge in [-0.25, -0.2) is 4.98 Å².